The number of aryl methyl sites for hydroxylation is 1. The van der Waals surface area contributed by atoms with E-state index in [1.165, 1.54) is 4.31 Å². The first kappa shape index (κ1) is 17.2. The van der Waals surface area contributed by atoms with Crippen molar-refractivity contribution in [1.29, 1.82) is 0 Å². The maximum Gasteiger partial charge on any atom is 0.246 e. The smallest absolute Gasteiger partial charge is 0.246 e. The lowest BCUT2D eigenvalue weighted by Crippen LogP contribution is -2.31. The van der Waals surface area contributed by atoms with Crippen LogP contribution in [0.3, 0.4) is 0 Å². The molecule has 1 heterocycles. The van der Waals surface area contributed by atoms with E-state index >= 15 is 0 Å². The highest BCUT2D eigenvalue weighted by molar-refractivity contribution is 7.89. The van der Waals surface area contributed by atoms with E-state index in [1.807, 2.05) is 13.8 Å². The van der Waals surface area contributed by atoms with Gasteiger partial charge in [-0.3, -0.25) is 0 Å². The minimum Gasteiger partial charge on any atom is -0.464 e. The van der Waals surface area contributed by atoms with Crippen molar-refractivity contribution in [2.24, 2.45) is 0 Å². The van der Waals surface area contributed by atoms with E-state index in [2.05, 4.69) is 12.2 Å². The maximum absolute atomic E-state index is 12.6. The highest BCUT2D eigenvalue weighted by Crippen LogP contribution is 2.23. The van der Waals surface area contributed by atoms with Gasteiger partial charge in [-0.25, -0.2) is 8.42 Å². The van der Waals surface area contributed by atoms with Gasteiger partial charge < -0.3 is 9.73 Å². The van der Waals surface area contributed by atoms with Crippen LogP contribution in [0.4, 0.5) is 0 Å². The Hall–Kier alpha value is -0.850. The van der Waals surface area contributed by atoms with Gasteiger partial charge in [0.15, 0.2) is 0 Å². The van der Waals surface area contributed by atoms with Crippen molar-refractivity contribution in [1.82, 2.24) is 9.62 Å². The Morgan fingerprint density at radius 3 is 2.50 bits per heavy atom. The third-order valence-electron chi connectivity index (χ3n) is 3.09. The molecule has 0 amide bonds. The van der Waals surface area contributed by atoms with Crippen molar-refractivity contribution in [3.8, 4) is 0 Å². The first-order valence-electron chi connectivity index (χ1n) is 7.27. The molecule has 0 aliphatic carbocycles. The van der Waals surface area contributed by atoms with Gasteiger partial charge in [-0.2, -0.15) is 4.31 Å². The van der Waals surface area contributed by atoms with Crippen molar-refractivity contribution in [2.45, 2.75) is 52.0 Å². The minimum atomic E-state index is -3.44. The van der Waals surface area contributed by atoms with Crippen LogP contribution in [0.5, 0.6) is 0 Å². The molecule has 0 fully saturated rings. The molecule has 0 aromatic carbocycles. The van der Waals surface area contributed by atoms with Crippen molar-refractivity contribution >= 4 is 10.0 Å². The van der Waals surface area contributed by atoms with Crippen LogP contribution in [0.1, 0.15) is 45.1 Å². The van der Waals surface area contributed by atoms with Crippen LogP contribution in [-0.2, 0) is 16.6 Å². The summed E-state index contributed by atoms with van der Waals surface area (Å²) >= 11 is 0. The number of nitrogens with one attached hydrogen (secondary N) is 1. The molecule has 0 spiro atoms. The molecule has 0 radical (unpaired) electrons. The molecule has 0 unspecified atom stereocenters. The van der Waals surface area contributed by atoms with Crippen LogP contribution in [0.25, 0.3) is 0 Å². The molecule has 1 aromatic rings. The Balaban J connectivity index is 2.94. The van der Waals surface area contributed by atoms with Crippen LogP contribution in [-0.4, -0.2) is 32.4 Å². The average Bonchev–Trinajstić information content (AvgIpc) is 2.78. The minimum absolute atomic E-state index is 0.293. The third kappa shape index (κ3) is 4.07. The normalized spacial score (nSPS) is 12.2. The van der Waals surface area contributed by atoms with Crippen LogP contribution >= 0.6 is 0 Å². The second-order valence-electron chi connectivity index (χ2n) is 4.81. The van der Waals surface area contributed by atoms with Crippen molar-refractivity contribution in [3.63, 3.8) is 0 Å². The fourth-order valence-electron chi connectivity index (χ4n) is 2.09. The predicted molar refractivity (Wildman–Crippen MR) is 80.2 cm³/mol. The van der Waals surface area contributed by atoms with Gasteiger partial charge in [0.25, 0.3) is 0 Å². The molecule has 1 N–H and O–H groups in total. The SMILES string of the molecule is CCCNCc1cc(S(=O)(=O)N(CC)CCC)c(C)o1. The van der Waals surface area contributed by atoms with E-state index in [0.717, 1.165) is 19.4 Å². The topological polar surface area (TPSA) is 62.6 Å². The highest BCUT2D eigenvalue weighted by Gasteiger charge is 2.27. The number of hydrogen-bond acceptors (Lipinski definition) is 4. The summed E-state index contributed by atoms with van der Waals surface area (Å²) in [5.74, 6) is 1.13. The third-order valence-corrected chi connectivity index (χ3v) is 5.17. The number of hydrogen-bond donors (Lipinski definition) is 1. The first-order valence-corrected chi connectivity index (χ1v) is 8.71. The van der Waals surface area contributed by atoms with Gasteiger partial charge in [0.1, 0.15) is 16.4 Å². The van der Waals surface area contributed by atoms with Gasteiger partial charge in [-0.1, -0.05) is 20.8 Å². The van der Waals surface area contributed by atoms with Gasteiger partial charge in [0, 0.05) is 19.2 Å². The predicted octanol–water partition coefficient (Wildman–Crippen LogP) is 2.51. The number of furan rings is 1. The van der Waals surface area contributed by atoms with E-state index in [1.54, 1.807) is 13.0 Å². The van der Waals surface area contributed by atoms with Gasteiger partial charge in [0.05, 0.1) is 6.54 Å². The molecular weight excluding hydrogens is 276 g/mol. The lowest BCUT2D eigenvalue weighted by molar-refractivity contribution is 0.422. The van der Waals surface area contributed by atoms with Crippen LogP contribution < -0.4 is 5.32 Å². The van der Waals surface area contributed by atoms with Crippen LogP contribution in [0.15, 0.2) is 15.4 Å². The quantitative estimate of drug-likeness (QED) is 0.712. The Morgan fingerprint density at radius 2 is 1.95 bits per heavy atom. The summed E-state index contributed by atoms with van der Waals surface area (Å²) in [5.41, 5.74) is 0. The van der Waals surface area contributed by atoms with Crippen LogP contribution in [0.2, 0.25) is 0 Å². The lowest BCUT2D eigenvalue weighted by Gasteiger charge is -2.18. The van der Waals surface area contributed by atoms with E-state index in [9.17, 15) is 8.42 Å². The van der Waals surface area contributed by atoms with Gasteiger partial charge in [-0.05, 0) is 26.3 Å². The van der Waals surface area contributed by atoms with Crippen molar-refractivity contribution in [2.75, 3.05) is 19.6 Å². The van der Waals surface area contributed by atoms with Gasteiger partial charge in [0.2, 0.25) is 10.0 Å². The summed E-state index contributed by atoms with van der Waals surface area (Å²) in [4.78, 5) is 0.293. The fraction of sp³-hybridized carbons (Fsp3) is 0.714. The van der Waals surface area contributed by atoms with E-state index in [-0.39, 0.29) is 0 Å². The van der Waals surface area contributed by atoms with Gasteiger partial charge in [-0.15, -0.1) is 0 Å². The molecule has 0 saturated carbocycles. The molecule has 1 rings (SSSR count). The lowest BCUT2D eigenvalue weighted by atomic mass is 10.4. The Morgan fingerprint density at radius 1 is 1.25 bits per heavy atom. The van der Waals surface area contributed by atoms with Gasteiger partial charge >= 0.3 is 0 Å². The summed E-state index contributed by atoms with van der Waals surface area (Å²) in [6.07, 6.45) is 1.83. The fourth-order valence-corrected chi connectivity index (χ4v) is 3.82. The number of nitrogens with zero attached hydrogens (tertiary/aromatic N) is 1. The molecule has 6 heteroatoms. The highest BCUT2D eigenvalue weighted by atomic mass is 32.2. The first-order chi connectivity index (χ1) is 9.47. The molecule has 0 aliphatic heterocycles. The Kier molecular flexibility index (Phi) is 6.71. The largest absolute Gasteiger partial charge is 0.464 e. The summed E-state index contributed by atoms with van der Waals surface area (Å²) in [6, 6.07) is 1.64. The van der Waals surface area contributed by atoms with E-state index in [0.29, 0.717) is 36.1 Å². The molecule has 0 atom stereocenters. The average molecular weight is 302 g/mol. The Bertz CT molecular complexity index is 508. The van der Waals surface area contributed by atoms with Crippen molar-refractivity contribution < 1.29 is 12.8 Å². The zero-order chi connectivity index (χ0) is 15.2. The van der Waals surface area contributed by atoms with E-state index < -0.39 is 10.0 Å². The zero-order valence-electron chi connectivity index (χ0n) is 12.9. The molecule has 0 aliphatic rings. The summed E-state index contributed by atoms with van der Waals surface area (Å²) < 4.78 is 32.2. The second kappa shape index (κ2) is 7.81. The van der Waals surface area contributed by atoms with Crippen molar-refractivity contribution in [3.05, 3.63) is 17.6 Å². The zero-order valence-corrected chi connectivity index (χ0v) is 13.7. The summed E-state index contributed by atoms with van der Waals surface area (Å²) in [5, 5.41) is 3.21. The molecular formula is C14H26N2O3S. The monoisotopic (exact) mass is 302 g/mol. The van der Waals surface area contributed by atoms with Crippen LogP contribution in [0, 0.1) is 6.92 Å². The molecule has 0 bridgehead atoms. The number of sulfonamides is 1. The molecule has 1 aromatic heterocycles. The maximum atomic E-state index is 12.6. The molecule has 116 valence electrons. The second-order valence-corrected chi connectivity index (χ2v) is 6.71. The molecule has 20 heavy (non-hydrogen) atoms. The molecule has 0 saturated heterocycles. The Labute approximate surface area is 122 Å². The van der Waals surface area contributed by atoms with E-state index in [4.69, 9.17) is 4.42 Å². The standard InChI is InChI=1S/C14H26N2O3S/c1-5-8-15-11-13-10-14(12(4)19-13)20(17,18)16(7-3)9-6-2/h10,15H,5-9,11H2,1-4H3. The summed E-state index contributed by atoms with van der Waals surface area (Å²) in [6.45, 7) is 10.1. The number of rotatable bonds is 9. The molecule has 5 nitrogen and oxygen atoms in total. The summed E-state index contributed by atoms with van der Waals surface area (Å²) in [7, 11) is -3.44.